The molecule has 0 aromatic carbocycles. The summed E-state index contributed by atoms with van der Waals surface area (Å²) < 4.78 is 2.22. The summed E-state index contributed by atoms with van der Waals surface area (Å²) in [6.45, 7) is 3.43. The molecule has 1 unspecified atom stereocenters. The number of aromatic nitrogens is 2. The molecule has 18 heavy (non-hydrogen) atoms. The predicted octanol–water partition coefficient (Wildman–Crippen LogP) is 2.86. The zero-order valence-corrected chi connectivity index (χ0v) is 11.6. The summed E-state index contributed by atoms with van der Waals surface area (Å²) >= 11 is 1.80. The second kappa shape index (κ2) is 5.24. The summed E-state index contributed by atoms with van der Waals surface area (Å²) in [7, 11) is 2.12. The van der Waals surface area contributed by atoms with Crippen molar-refractivity contribution in [3.63, 3.8) is 0 Å². The van der Waals surface area contributed by atoms with Gasteiger partial charge in [0, 0.05) is 49.5 Å². The highest BCUT2D eigenvalue weighted by atomic mass is 32.1. The van der Waals surface area contributed by atoms with Crippen LogP contribution in [-0.4, -0.2) is 27.5 Å². The first-order valence-electron chi connectivity index (χ1n) is 6.55. The fourth-order valence-electron chi connectivity index (χ4n) is 2.73. The lowest BCUT2D eigenvalue weighted by Gasteiger charge is -2.31. The molecule has 0 saturated carbocycles. The Bertz CT molecular complexity index is 489. The van der Waals surface area contributed by atoms with Gasteiger partial charge in [0.25, 0.3) is 0 Å². The highest BCUT2D eigenvalue weighted by Crippen LogP contribution is 2.28. The normalized spacial score (nSPS) is 21.3. The summed E-state index contributed by atoms with van der Waals surface area (Å²) in [6.07, 6.45) is 6.62. The van der Waals surface area contributed by atoms with Gasteiger partial charge in [0.2, 0.25) is 0 Å². The van der Waals surface area contributed by atoms with Gasteiger partial charge in [-0.15, -0.1) is 11.3 Å². The van der Waals surface area contributed by atoms with Gasteiger partial charge in [-0.2, -0.15) is 0 Å². The van der Waals surface area contributed by atoms with Crippen molar-refractivity contribution in [3.05, 3.63) is 40.6 Å². The number of piperidine rings is 1. The van der Waals surface area contributed by atoms with Crippen LogP contribution in [0.3, 0.4) is 0 Å². The zero-order valence-electron chi connectivity index (χ0n) is 10.7. The smallest absolute Gasteiger partial charge is 0.0968 e. The van der Waals surface area contributed by atoms with E-state index in [2.05, 4.69) is 45.2 Å². The van der Waals surface area contributed by atoms with E-state index in [4.69, 9.17) is 0 Å². The first-order valence-corrected chi connectivity index (χ1v) is 7.43. The Morgan fingerprint density at radius 1 is 1.50 bits per heavy atom. The number of thiazole rings is 1. The number of nitrogens with zero attached hydrogens (tertiary/aromatic N) is 3. The molecular formula is C14H19N3S. The summed E-state index contributed by atoms with van der Waals surface area (Å²) in [5, 5.41) is 3.40. The Morgan fingerprint density at radius 2 is 2.44 bits per heavy atom. The van der Waals surface area contributed by atoms with Gasteiger partial charge in [-0.3, -0.25) is 4.90 Å². The van der Waals surface area contributed by atoms with Crippen molar-refractivity contribution in [1.82, 2.24) is 14.5 Å². The number of hydrogen-bond acceptors (Lipinski definition) is 3. The van der Waals surface area contributed by atoms with Crippen molar-refractivity contribution < 1.29 is 0 Å². The predicted molar refractivity (Wildman–Crippen MR) is 74.8 cm³/mol. The van der Waals surface area contributed by atoms with E-state index in [0.29, 0.717) is 5.92 Å². The van der Waals surface area contributed by atoms with Crippen LogP contribution in [0.1, 0.15) is 29.5 Å². The lowest BCUT2D eigenvalue weighted by atomic mass is 9.98. The molecule has 0 bridgehead atoms. The van der Waals surface area contributed by atoms with Gasteiger partial charge >= 0.3 is 0 Å². The van der Waals surface area contributed by atoms with E-state index in [1.807, 2.05) is 6.20 Å². The minimum absolute atomic E-state index is 0.638. The first-order chi connectivity index (χ1) is 8.83. The largest absolute Gasteiger partial charge is 0.353 e. The third-order valence-electron chi connectivity index (χ3n) is 3.74. The van der Waals surface area contributed by atoms with E-state index in [-0.39, 0.29) is 0 Å². The molecule has 1 fully saturated rings. The maximum Gasteiger partial charge on any atom is 0.0968 e. The molecule has 1 atom stereocenters. The lowest BCUT2D eigenvalue weighted by Crippen LogP contribution is -2.34. The summed E-state index contributed by atoms with van der Waals surface area (Å²) in [4.78, 5) is 7.04. The molecular weight excluding hydrogens is 242 g/mol. The van der Waals surface area contributed by atoms with Crippen LogP contribution in [0.4, 0.5) is 0 Å². The van der Waals surface area contributed by atoms with Gasteiger partial charge in [0.1, 0.15) is 0 Å². The molecule has 0 amide bonds. The van der Waals surface area contributed by atoms with Gasteiger partial charge in [0.05, 0.1) is 5.01 Å². The van der Waals surface area contributed by atoms with Gasteiger partial charge in [0.15, 0.2) is 0 Å². The average Bonchev–Trinajstić information content (AvgIpc) is 3.02. The fourth-order valence-corrected chi connectivity index (χ4v) is 3.49. The van der Waals surface area contributed by atoms with Crippen LogP contribution in [0, 0.1) is 0 Å². The SMILES string of the molecule is Cn1cccc1CN1CCCC(c2nccs2)C1. The molecule has 4 heteroatoms. The third-order valence-corrected chi connectivity index (χ3v) is 4.68. The molecule has 2 aromatic rings. The molecule has 96 valence electrons. The Hall–Kier alpha value is -1.13. The maximum atomic E-state index is 4.48. The van der Waals surface area contributed by atoms with Gasteiger partial charge in [-0.25, -0.2) is 4.98 Å². The summed E-state index contributed by atoms with van der Waals surface area (Å²) in [5.74, 6) is 0.638. The van der Waals surface area contributed by atoms with Crippen LogP contribution in [0.2, 0.25) is 0 Å². The highest BCUT2D eigenvalue weighted by molar-refractivity contribution is 7.09. The van der Waals surface area contributed by atoms with Crippen molar-refractivity contribution in [1.29, 1.82) is 0 Å². The lowest BCUT2D eigenvalue weighted by molar-refractivity contribution is 0.196. The molecule has 0 spiro atoms. The van der Waals surface area contributed by atoms with Crippen molar-refractivity contribution in [3.8, 4) is 0 Å². The topological polar surface area (TPSA) is 21.1 Å². The van der Waals surface area contributed by atoms with Gasteiger partial charge in [-0.05, 0) is 31.5 Å². The first kappa shape index (κ1) is 11.9. The van der Waals surface area contributed by atoms with Crippen LogP contribution in [0.15, 0.2) is 29.9 Å². The Morgan fingerprint density at radius 3 is 3.17 bits per heavy atom. The number of hydrogen-bond donors (Lipinski definition) is 0. The second-order valence-corrected chi connectivity index (χ2v) is 5.98. The minimum Gasteiger partial charge on any atom is -0.353 e. The highest BCUT2D eigenvalue weighted by Gasteiger charge is 2.23. The molecule has 1 aliphatic heterocycles. The molecule has 0 N–H and O–H groups in total. The van der Waals surface area contributed by atoms with E-state index >= 15 is 0 Å². The molecule has 3 rings (SSSR count). The Balaban J connectivity index is 1.66. The maximum absolute atomic E-state index is 4.48. The number of likely N-dealkylation sites (tertiary alicyclic amines) is 1. The zero-order chi connectivity index (χ0) is 12.4. The fraction of sp³-hybridized carbons (Fsp3) is 0.500. The Kier molecular flexibility index (Phi) is 3.48. The van der Waals surface area contributed by atoms with E-state index in [9.17, 15) is 0 Å². The standard InChI is InChI=1S/C14H19N3S/c1-16-7-3-5-13(16)11-17-8-2-4-12(10-17)14-15-6-9-18-14/h3,5-7,9,12H,2,4,8,10-11H2,1H3. The summed E-state index contributed by atoms with van der Waals surface area (Å²) in [5.41, 5.74) is 1.40. The van der Waals surface area contributed by atoms with Crippen LogP contribution in [-0.2, 0) is 13.6 Å². The number of rotatable bonds is 3. The molecule has 1 aliphatic rings. The van der Waals surface area contributed by atoms with Crippen molar-refractivity contribution in [2.24, 2.45) is 7.05 Å². The monoisotopic (exact) mass is 261 g/mol. The van der Waals surface area contributed by atoms with E-state index in [0.717, 1.165) is 13.1 Å². The van der Waals surface area contributed by atoms with Crippen molar-refractivity contribution in [2.75, 3.05) is 13.1 Å². The second-order valence-electron chi connectivity index (χ2n) is 5.06. The number of aryl methyl sites for hydroxylation is 1. The van der Waals surface area contributed by atoms with Crippen LogP contribution >= 0.6 is 11.3 Å². The minimum atomic E-state index is 0.638. The average molecular weight is 261 g/mol. The Labute approximate surface area is 112 Å². The summed E-state index contributed by atoms with van der Waals surface area (Å²) in [6, 6.07) is 4.34. The third kappa shape index (κ3) is 2.49. The van der Waals surface area contributed by atoms with Crippen molar-refractivity contribution in [2.45, 2.75) is 25.3 Å². The van der Waals surface area contributed by atoms with E-state index in [1.54, 1.807) is 11.3 Å². The molecule has 3 heterocycles. The molecule has 0 radical (unpaired) electrons. The molecule has 0 aliphatic carbocycles. The van der Waals surface area contributed by atoms with Crippen LogP contribution in [0.25, 0.3) is 0 Å². The van der Waals surface area contributed by atoms with Crippen LogP contribution < -0.4 is 0 Å². The quantitative estimate of drug-likeness (QED) is 0.847. The molecule has 2 aromatic heterocycles. The van der Waals surface area contributed by atoms with Crippen molar-refractivity contribution >= 4 is 11.3 Å². The van der Waals surface area contributed by atoms with Gasteiger partial charge < -0.3 is 4.57 Å². The molecule has 1 saturated heterocycles. The van der Waals surface area contributed by atoms with Crippen LogP contribution in [0.5, 0.6) is 0 Å². The van der Waals surface area contributed by atoms with E-state index in [1.165, 1.54) is 30.1 Å². The van der Waals surface area contributed by atoms with E-state index < -0.39 is 0 Å². The van der Waals surface area contributed by atoms with Gasteiger partial charge in [-0.1, -0.05) is 0 Å². The molecule has 3 nitrogen and oxygen atoms in total.